The Hall–Kier alpha value is -5.69. The number of para-hydroxylation sites is 1. The molecule has 5 aromatic carbocycles. The van der Waals surface area contributed by atoms with Crippen LogP contribution in [-0.4, -0.2) is 132 Å². The van der Waals surface area contributed by atoms with Crippen molar-refractivity contribution in [3.05, 3.63) is 137 Å². The summed E-state index contributed by atoms with van der Waals surface area (Å²) in [6.07, 6.45) is 7.16. The van der Waals surface area contributed by atoms with Crippen molar-refractivity contribution in [2.24, 2.45) is 7.05 Å². The van der Waals surface area contributed by atoms with Crippen molar-refractivity contribution in [1.82, 2.24) is 19.1 Å². The summed E-state index contributed by atoms with van der Waals surface area (Å²) in [5, 5.41) is 4.61. The van der Waals surface area contributed by atoms with Gasteiger partial charge in [-0.1, -0.05) is 59.8 Å². The summed E-state index contributed by atoms with van der Waals surface area (Å²) in [6, 6.07) is 32.0. The van der Waals surface area contributed by atoms with Gasteiger partial charge in [0.25, 0.3) is 36.2 Å². The maximum atomic E-state index is 12.9. The highest BCUT2D eigenvalue weighted by Gasteiger charge is 2.25. The molecule has 0 radical (unpaired) electrons. The Morgan fingerprint density at radius 1 is 0.763 bits per heavy atom. The molecule has 1 saturated carbocycles. The number of carbonyl (C=O) groups excluding carboxylic acids is 2. The number of methoxy groups -OCH3 is 1. The molecule has 4 N–H and O–H groups in total. The SMILES string of the molecule is CN1CCN(CCCN2c3ccccc3Sc3ccc(Cl)cc32)CC1.COc1cc(C(=O)NS(=O)(=O)c2ccccc2C)ccc1Cc1cn(C)c2ccc(NC(=O)OC3CCCC3)cc12.O=S(=O)(O)CCS(=O)(=O)O. The van der Waals surface area contributed by atoms with Gasteiger partial charge in [0.15, 0.2) is 0 Å². The summed E-state index contributed by atoms with van der Waals surface area (Å²) in [6.45, 7) is 8.60. The molecule has 1 aromatic heterocycles. The van der Waals surface area contributed by atoms with Crippen molar-refractivity contribution in [2.75, 3.05) is 75.1 Å². The zero-order valence-electron chi connectivity index (χ0n) is 42.6. The van der Waals surface area contributed by atoms with Crippen LogP contribution in [0.2, 0.25) is 5.02 Å². The van der Waals surface area contributed by atoms with E-state index in [-0.39, 0.29) is 16.6 Å². The van der Waals surface area contributed by atoms with E-state index in [0.29, 0.717) is 23.4 Å². The van der Waals surface area contributed by atoms with E-state index in [1.54, 1.807) is 37.3 Å². The van der Waals surface area contributed by atoms with Gasteiger partial charge in [-0.05, 0) is 136 Å². The molecule has 2 fully saturated rings. The molecule has 0 unspecified atom stereocenters. The summed E-state index contributed by atoms with van der Waals surface area (Å²) in [7, 11) is -6.97. The average Bonchev–Trinajstić information content (AvgIpc) is 4.02. The number of aryl methyl sites for hydroxylation is 2. The molecule has 408 valence electrons. The first-order chi connectivity index (χ1) is 36.1. The molecule has 23 heteroatoms. The van der Waals surface area contributed by atoms with Crippen LogP contribution in [0.4, 0.5) is 21.9 Å². The number of nitrogens with one attached hydrogen (secondary N) is 2. The molecule has 3 aliphatic rings. The van der Waals surface area contributed by atoms with Crippen LogP contribution < -0.4 is 19.7 Å². The zero-order chi connectivity index (χ0) is 54.8. The second-order valence-corrected chi connectivity index (χ2v) is 25.1. The number of hydrogen-bond donors (Lipinski definition) is 4. The molecular formula is C53H63ClN6O12S4. The number of carbonyl (C=O) groups is 2. The summed E-state index contributed by atoms with van der Waals surface area (Å²) < 4.78 is 96.3. The number of nitrogens with zero attached hydrogens (tertiary/aromatic N) is 4. The van der Waals surface area contributed by atoms with Crippen molar-refractivity contribution in [3.63, 3.8) is 0 Å². The number of amides is 2. The third-order valence-corrected chi connectivity index (χ3v) is 17.6. The molecule has 0 spiro atoms. The van der Waals surface area contributed by atoms with Crippen LogP contribution in [0, 0.1) is 6.92 Å². The molecule has 18 nitrogen and oxygen atoms in total. The van der Waals surface area contributed by atoms with E-state index < -0.39 is 53.8 Å². The van der Waals surface area contributed by atoms with Crippen LogP contribution >= 0.6 is 23.4 Å². The van der Waals surface area contributed by atoms with Crippen molar-refractivity contribution in [3.8, 4) is 5.75 Å². The number of hydrogen-bond acceptors (Lipinski definition) is 14. The number of aromatic nitrogens is 1. The number of likely N-dealkylation sites (N-methyl/N-ethyl adjacent to an activating group) is 1. The fourth-order valence-corrected chi connectivity index (χ4v) is 13.3. The van der Waals surface area contributed by atoms with Crippen LogP contribution in [0.15, 0.2) is 124 Å². The Labute approximate surface area is 454 Å². The van der Waals surface area contributed by atoms with Crippen LogP contribution in [-0.2, 0) is 48.5 Å². The Kier molecular flexibility index (Phi) is 19.6. The van der Waals surface area contributed by atoms with Crippen molar-refractivity contribution >= 4 is 93.6 Å². The first-order valence-corrected chi connectivity index (χ1v) is 30.5. The van der Waals surface area contributed by atoms with Gasteiger partial charge in [0, 0.05) is 89.4 Å². The predicted octanol–water partition coefficient (Wildman–Crippen LogP) is 9.04. The first kappa shape index (κ1) is 58.0. The van der Waals surface area contributed by atoms with Crippen LogP contribution in [0.1, 0.15) is 59.2 Å². The van der Waals surface area contributed by atoms with E-state index in [9.17, 15) is 34.8 Å². The number of fused-ring (bicyclic) bond motifs is 3. The van der Waals surface area contributed by atoms with Gasteiger partial charge in [-0.25, -0.2) is 17.9 Å². The standard InChI is InChI=1S/C31H33N3O6S.C20H24ClN3S.C2H6O6S2/c1-20-8-4-7-11-29(20)41(37,38)33-30(35)22-13-12-21(28(17-22)39-3)16-23-19-34(2)27-15-14-24(18-26(23)27)32-31(36)40-25-9-5-6-10-25;1-22-11-13-23(14-12-22)9-4-10-24-17-5-2-3-6-19(17)25-20-8-7-16(21)15-18(20)24;3-9(4,5)1-2-10(6,7)8/h4,7-8,11-15,17-19,25H,5-6,9-10,16H2,1-3H3,(H,32,36)(H,33,35);2-3,5-8,15H,4,9-14H2,1H3;1-2H2,(H,3,4,5)(H,6,7,8). The van der Waals surface area contributed by atoms with Crippen molar-refractivity contribution < 1.29 is 53.4 Å². The lowest BCUT2D eigenvalue weighted by Gasteiger charge is -2.35. The minimum absolute atomic E-state index is 0.0221. The van der Waals surface area contributed by atoms with Gasteiger partial charge in [0.1, 0.15) is 11.9 Å². The first-order valence-electron chi connectivity index (χ1n) is 24.6. The highest BCUT2D eigenvalue weighted by Crippen LogP contribution is 2.48. The third-order valence-electron chi connectivity index (χ3n) is 13.1. The van der Waals surface area contributed by atoms with E-state index in [0.717, 1.165) is 72.2 Å². The van der Waals surface area contributed by atoms with E-state index in [1.165, 1.54) is 66.6 Å². The smallest absolute Gasteiger partial charge is 0.411 e. The normalized spacial score (nSPS) is 15.1. The van der Waals surface area contributed by atoms with Gasteiger partial charge in [-0.15, -0.1) is 0 Å². The molecule has 3 heterocycles. The number of anilines is 3. The Morgan fingerprint density at radius 2 is 1.43 bits per heavy atom. The highest BCUT2D eigenvalue weighted by atomic mass is 35.5. The summed E-state index contributed by atoms with van der Waals surface area (Å²) in [5.74, 6) is -2.25. The molecule has 1 saturated heterocycles. The van der Waals surface area contributed by atoms with Gasteiger partial charge in [0.05, 0.1) is 34.9 Å². The zero-order valence-corrected chi connectivity index (χ0v) is 46.7. The fourth-order valence-electron chi connectivity index (χ4n) is 9.11. The number of benzene rings is 5. The van der Waals surface area contributed by atoms with Crippen LogP contribution in [0.25, 0.3) is 10.9 Å². The number of ether oxygens (including phenoxy) is 2. The maximum Gasteiger partial charge on any atom is 0.411 e. The summed E-state index contributed by atoms with van der Waals surface area (Å²) >= 11 is 8.13. The second-order valence-electron chi connectivity index (χ2n) is 18.7. The highest BCUT2D eigenvalue weighted by molar-refractivity contribution is 7.99. The second kappa shape index (κ2) is 25.6. The van der Waals surface area contributed by atoms with Crippen molar-refractivity contribution in [2.45, 2.75) is 66.2 Å². The minimum atomic E-state index is -4.30. The molecule has 1 aliphatic carbocycles. The van der Waals surface area contributed by atoms with Crippen LogP contribution in [0.5, 0.6) is 5.75 Å². The molecule has 0 atom stereocenters. The Bertz CT molecular complexity index is 3350. The minimum Gasteiger partial charge on any atom is -0.496 e. The summed E-state index contributed by atoms with van der Waals surface area (Å²) in [5.41, 5.74) is 6.70. The lowest BCUT2D eigenvalue weighted by Crippen LogP contribution is -2.45. The fraction of sp³-hybridized carbons (Fsp3) is 0.358. The van der Waals surface area contributed by atoms with Crippen molar-refractivity contribution in [1.29, 1.82) is 0 Å². The third kappa shape index (κ3) is 16.2. The topological polar surface area (TPSA) is 234 Å². The van der Waals surface area contributed by atoms with Gasteiger partial charge in [-0.2, -0.15) is 16.8 Å². The number of rotatable bonds is 15. The van der Waals surface area contributed by atoms with Gasteiger partial charge in [0.2, 0.25) is 0 Å². The molecule has 2 amide bonds. The van der Waals surface area contributed by atoms with Gasteiger partial charge in [-0.3, -0.25) is 19.2 Å². The van der Waals surface area contributed by atoms with E-state index in [4.69, 9.17) is 30.2 Å². The summed E-state index contributed by atoms with van der Waals surface area (Å²) in [4.78, 5) is 35.4. The Morgan fingerprint density at radius 3 is 2.12 bits per heavy atom. The largest absolute Gasteiger partial charge is 0.496 e. The lowest BCUT2D eigenvalue weighted by molar-refractivity contribution is 0.0980. The molecule has 6 aromatic rings. The Balaban J connectivity index is 0.000000202. The van der Waals surface area contributed by atoms with Crippen LogP contribution in [0.3, 0.4) is 0 Å². The van der Waals surface area contributed by atoms with Gasteiger partial charge < -0.3 is 28.7 Å². The molecule has 9 rings (SSSR count). The average molecular weight is 1140 g/mol. The molecule has 0 bridgehead atoms. The predicted molar refractivity (Wildman–Crippen MR) is 297 cm³/mol. The maximum absolute atomic E-state index is 12.9. The van der Waals surface area contributed by atoms with E-state index >= 15 is 0 Å². The van der Waals surface area contributed by atoms with Gasteiger partial charge >= 0.3 is 6.09 Å². The number of halogens is 1. The van der Waals surface area contributed by atoms with E-state index in [2.05, 4.69) is 68.2 Å². The number of piperazine rings is 1. The lowest BCUT2D eigenvalue weighted by atomic mass is 10.0. The molecular weight excluding hydrogens is 1080 g/mol. The van der Waals surface area contributed by atoms with E-state index in [1.807, 2.05) is 53.8 Å². The molecule has 2 aliphatic heterocycles. The monoisotopic (exact) mass is 1140 g/mol. The molecule has 76 heavy (non-hydrogen) atoms. The number of sulfonamides is 1. The quantitative estimate of drug-likeness (QED) is 0.0702.